The molecule has 0 spiro atoms. The molecular weight excluding hydrogens is 350 g/mol. The molecule has 28 heavy (non-hydrogen) atoms. The Morgan fingerprint density at radius 3 is 1.82 bits per heavy atom. The van der Waals surface area contributed by atoms with Gasteiger partial charge in [0.1, 0.15) is 11.5 Å². The van der Waals surface area contributed by atoms with E-state index in [1.165, 1.54) is 17.7 Å². The molecule has 0 atom stereocenters. The van der Waals surface area contributed by atoms with Crippen LogP contribution < -0.4 is 9.64 Å². The van der Waals surface area contributed by atoms with Crippen molar-refractivity contribution in [3.63, 3.8) is 0 Å². The monoisotopic (exact) mass is 377 g/mol. The molecule has 0 N–H and O–H groups in total. The van der Waals surface area contributed by atoms with Crippen molar-refractivity contribution in [1.82, 2.24) is 0 Å². The first-order chi connectivity index (χ1) is 13.0. The normalized spacial score (nSPS) is 14.7. The Hall–Kier alpha value is -2.88. The van der Waals surface area contributed by atoms with Crippen LogP contribution in [0.2, 0.25) is 0 Å². The summed E-state index contributed by atoms with van der Waals surface area (Å²) in [7, 11) is 0. The minimum Gasteiger partial charge on any atom is -0.457 e. The first-order valence-corrected chi connectivity index (χ1v) is 9.46. The van der Waals surface area contributed by atoms with Gasteiger partial charge in [0.25, 0.3) is 11.8 Å². The van der Waals surface area contributed by atoms with Crippen LogP contribution in [-0.4, -0.2) is 11.8 Å². The standard InChI is InChI=1S/C24H27NO3/c1-23(2,3)16-7-12-19(24(4,5)6)20(15-16)28-18-10-8-17(9-11-18)25-21(26)13-14-22(25)27/h7-15H,1-6H3. The second-order valence-corrected chi connectivity index (χ2v) is 9.15. The molecule has 4 heteroatoms. The maximum absolute atomic E-state index is 11.8. The number of hydrogen-bond acceptors (Lipinski definition) is 3. The van der Waals surface area contributed by atoms with Gasteiger partial charge in [0.2, 0.25) is 0 Å². The maximum atomic E-state index is 11.8. The largest absolute Gasteiger partial charge is 0.457 e. The van der Waals surface area contributed by atoms with Gasteiger partial charge in [0.05, 0.1) is 5.69 Å². The van der Waals surface area contributed by atoms with E-state index in [0.29, 0.717) is 11.4 Å². The van der Waals surface area contributed by atoms with Gasteiger partial charge in [-0.15, -0.1) is 0 Å². The van der Waals surface area contributed by atoms with Gasteiger partial charge in [-0.25, -0.2) is 4.90 Å². The van der Waals surface area contributed by atoms with E-state index in [2.05, 4.69) is 59.7 Å². The van der Waals surface area contributed by atoms with Crippen LogP contribution in [0.15, 0.2) is 54.6 Å². The highest BCUT2D eigenvalue weighted by Crippen LogP contribution is 2.38. The minimum atomic E-state index is -0.327. The van der Waals surface area contributed by atoms with E-state index < -0.39 is 0 Å². The van der Waals surface area contributed by atoms with Crippen molar-refractivity contribution in [1.29, 1.82) is 0 Å². The van der Waals surface area contributed by atoms with E-state index in [1.54, 1.807) is 24.3 Å². The summed E-state index contributed by atoms with van der Waals surface area (Å²) in [5, 5.41) is 0. The van der Waals surface area contributed by atoms with E-state index in [0.717, 1.165) is 16.2 Å². The predicted molar refractivity (Wildman–Crippen MR) is 112 cm³/mol. The fourth-order valence-electron chi connectivity index (χ4n) is 3.14. The van der Waals surface area contributed by atoms with Gasteiger partial charge in [-0.05, 0) is 46.7 Å². The van der Waals surface area contributed by atoms with Crippen LogP contribution in [0.4, 0.5) is 5.69 Å². The molecule has 2 amide bonds. The molecule has 1 aliphatic heterocycles. The molecule has 0 fully saturated rings. The zero-order chi connectivity index (χ0) is 20.7. The molecule has 1 aliphatic rings. The van der Waals surface area contributed by atoms with E-state index in [1.807, 2.05) is 0 Å². The van der Waals surface area contributed by atoms with E-state index >= 15 is 0 Å². The molecule has 2 aromatic carbocycles. The number of amides is 2. The summed E-state index contributed by atoms with van der Waals surface area (Å²) in [6.07, 6.45) is 2.56. The average molecular weight is 377 g/mol. The van der Waals surface area contributed by atoms with E-state index in [9.17, 15) is 9.59 Å². The molecular formula is C24H27NO3. The Kier molecular flexibility index (Phi) is 4.92. The highest BCUT2D eigenvalue weighted by molar-refractivity contribution is 6.28. The van der Waals surface area contributed by atoms with Crippen LogP contribution >= 0.6 is 0 Å². The Bertz CT molecular complexity index is 923. The van der Waals surface area contributed by atoms with Crippen molar-refractivity contribution >= 4 is 17.5 Å². The third-order valence-electron chi connectivity index (χ3n) is 4.79. The number of hydrogen-bond donors (Lipinski definition) is 0. The third-order valence-corrected chi connectivity index (χ3v) is 4.79. The third kappa shape index (κ3) is 4.01. The summed E-state index contributed by atoms with van der Waals surface area (Å²) in [6, 6.07) is 13.4. The topological polar surface area (TPSA) is 46.6 Å². The highest BCUT2D eigenvalue weighted by Gasteiger charge is 2.25. The van der Waals surface area contributed by atoms with Gasteiger partial charge in [-0.2, -0.15) is 0 Å². The van der Waals surface area contributed by atoms with Crippen molar-refractivity contribution in [2.75, 3.05) is 4.90 Å². The lowest BCUT2D eigenvalue weighted by molar-refractivity contribution is -0.119. The van der Waals surface area contributed by atoms with E-state index in [4.69, 9.17) is 4.74 Å². The Labute approximate surface area is 166 Å². The smallest absolute Gasteiger partial charge is 0.258 e. The van der Waals surface area contributed by atoms with Gasteiger partial charge in [-0.3, -0.25) is 9.59 Å². The number of ether oxygens (including phenoxy) is 1. The summed E-state index contributed by atoms with van der Waals surface area (Å²) < 4.78 is 6.24. The summed E-state index contributed by atoms with van der Waals surface area (Å²) in [5.74, 6) is 0.827. The Morgan fingerprint density at radius 1 is 0.750 bits per heavy atom. The Morgan fingerprint density at radius 2 is 1.32 bits per heavy atom. The predicted octanol–water partition coefficient (Wildman–Crippen LogP) is 5.50. The number of rotatable bonds is 3. The number of nitrogens with zero attached hydrogens (tertiary/aromatic N) is 1. The highest BCUT2D eigenvalue weighted by atomic mass is 16.5. The quantitative estimate of drug-likeness (QED) is 0.663. The molecule has 1 heterocycles. The molecule has 2 aromatic rings. The van der Waals surface area contributed by atoms with Gasteiger partial charge in [0, 0.05) is 17.7 Å². The summed E-state index contributed by atoms with van der Waals surface area (Å²) in [4.78, 5) is 24.8. The van der Waals surface area contributed by atoms with Crippen molar-refractivity contribution < 1.29 is 14.3 Å². The maximum Gasteiger partial charge on any atom is 0.258 e. The molecule has 0 aliphatic carbocycles. The van der Waals surface area contributed by atoms with Crippen LogP contribution in [0.5, 0.6) is 11.5 Å². The number of benzene rings is 2. The first-order valence-electron chi connectivity index (χ1n) is 9.46. The SMILES string of the molecule is CC(C)(C)c1ccc(C(C)(C)C)c(Oc2ccc(N3C(=O)C=CC3=O)cc2)c1. The zero-order valence-electron chi connectivity index (χ0n) is 17.4. The molecule has 0 saturated carbocycles. The van der Waals surface area contributed by atoms with Gasteiger partial charge >= 0.3 is 0 Å². The minimum absolute atomic E-state index is 0.0157. The molecule has 0 saturated heterocycles. The van der Waals surface area contributed by atoms with Crippen LogP contribution in [0, 0.1) is 0 Å². The van der Waals surface area contributed by atoms with Crippen molar-refractivity contribution in [3.05, 3.63) is 65.7 Å². The lowest BCUT2D eigenvalue weighted by Crippen LogP contribution is -2.29. The van der Waals surface area contributed by atoms with Crippen molar-refractivity contribution in [3.8, 4) is 11.5 Å². The van der Waals surface area contributed by atoms with Crippen LogP contribution in [0.25, 0.3) is 0 Å². The lowest BCUT2D eigenvalue weighted by atomic mass is 9.81. The van der Waals surface area contributed by atoms with Crippen LogP contribution in [0.1, 0.15) is 52.7 Å². The second kappa shape index (κ2) is 6.93. The molecule has 3 rings (SSSR count). The fourth-order valence-corrected chi connectivity index (χ4v) is 3.14. The molecule has 146 valence electrons. The number of anilines is 1. The summed E-state index contributed by atoms with van der Waals surface area (Å²) in [6.45, 7) is 13.0. The Balaban J connectivity index is 1.92. The van der Waals surface area contributed by atoms with Crippen molar-refractivity contribution in [2.24, 2.45) is 0 Å². The summed E-state index contributed by atoms with van der Waals surface area (Å²) >= 11 is 0. The molecule has 0 aromatic heterocycles. The van der Waals surface area contributed by atoms with Crippen molar-refractivity contribution in [2.45, 2.75) is 52.4 Å². The van der Waals surface area contributed by atoms with Crippen LogP contribution in [0.3, 0.4) is 0 Å². The number of carbonyl (C=O) groups excluding carboxylic acids is 2. The van der Waals surface area contributed by atoms with Gasteiger partial charge in [0.15, 0.2) is 0 Å². The second-order valence-electron chi connectivity index (χ2n) is 9.15. The number of carbonyl (C=O) groups is 2. The van der Waals surface area contributed by atoms with Gasteiger partial charge < -0.3 is 4.74 Å². The summed E-state index contributed by atoms with van der Waals surface area (Å²) in [5.41, 5.74) is 2.81. The average Bonchev–Trinajstić information content (AvgIpc) is 2.92. The molecule has 0 bridgehead atoms. The van der Waals surface area contributed by atoms with Gasteiger partial charge in [-0.1, -0.05) is 53.7 Å². The number of imide groups is 1. The van der Waals surface area contributed by atoms with E-state index in [-0.39, 0.29) is 22.6 Å². The lowest BCUT2D eigenvalue weighted by Gasteiger charge is -2.26. The molecule has 0 unspecified atom stereocenters. The fraction of sp³-hybridized carbons (Fsp3) is 0.333. The zero-order valence-corrected chi connectivity index (χ0v) is 17.4. The first kappa shape index (κ1) is 19.9. The van der Waals surface area contributed by atoms with Crippen LogP contribution in [-0.2, 0) is 20.4 Å². The molecule has 4 nitrogen and oxygen atoms in total. The molecule has 0 radical (unpaired) electrons.